The van der Waals surface area contributed by atoms with E-state index in [2.05, 4.69) is 33.8 Å². The molecule has 0 aromatic heterocycles. The van der Waals surface area contributed by atoms with Crippen LogP contribution in [0.5, 0.6) is 0 Å². The molecule has 5 rings (SSSR count). The Labute approximate surface area is 192 Å². The number of fused-ring (bicyclic) bond motifs is 7. The monoisotopic (exact) mass is 444 g/mol. The van der Waals surface area contributed by atoms with Gasteiger partial charge >= 0.3 is 11.9 Å². The molecular formula is C27H40O5. The molecule has 1 N–H and O–H groups in total. The molecule has 3 unspecified atom stereocenters. The van der Waals surface area contributed by atoms with Gasteiger partial charge < -0.3 is 14.6 Å². The molecule has 8 atom stereocenters. The lowest BCUT2D eigenvalue weighted by Gasteiger charge is -2.69. The van der Waals surface area contributed by atoms with Crippen molar-refractivity contribution < 1.29 is 24.2 Å². The molecule has 5 heteroatoms. The average molecular weight is 445 g/mol. The van der Waals surface area contributed by atoms with Crippen LogP contribution >= 0.6 is 0 Å². The maximum absolute atomic E-state index is 12.4. The summed E-state index contributed by atoms with van der Waals surface area (Å²) in [5.74, 6) is 0.685. The predicted octanol–water partition coefficient (Wildman–Crippen LogP) is 5.02. The molecule has 4 fully saturated rings. The topological polar surface area (TPSA) is 72.8 Å². The second-order valence-electron chi connectivity index (χ2n) is 12.8. The number of aliphatic hydroxyl groups excluding tert-OH is 1. The van der Waals surface area contributed by atoms with Crippen molar-refractivity contribution in [2.75, 3.05) is 6.61 Å². The van der Waals surface area contributed by atoms with Crippen molar-refractivity contribution in [1.29, 1.82) is 0 Å². The van der Waals surface area contributed by atoms with E-state index < -0.39 is 6.29 Å². The minimum atomic E-state index is -1.03. The molecule has 5 nitrogen and oxygen atoms in total. The minimum Gasteiger partial charge on any atom is -0.465 e. The summed E-state index contributed by atoms with van der Waals surface area (Å²) < 4.78 is 11.1. The molecule has 178 valence electrons. The van der Waals surface area contributed by atoms with Crippen LogP contribution in [0, 0.1) is 45.3 Å². The first-order valence-corrected chi connectivity index (χ1v) is 12.7. The summed E-state index contributed by atoms with van der Waals surface area (Å²) in [6.45, 7) is 11.7. The number of carbonyl (C=O) groups excluding carboxylic acids is 2. The van der Waals surface area contributed by atoms with Crippen LogP contribution in [0.2, 0.25) is 0 Å². The second kappa shape index (κ2) is 7.07. The smallest absolute Gasteiger partial charge is 0.336 e. The standard InChI is InChI=1S/C27H40O5/c1-16(28)31-15-27-12-6-11-24(2,3)18(27)9-13-25(4)19-8-7-17-21(23(30)32-22(17)29)26(19,5)14-10-20(25)27/h7,18-21,23,30H,6,8-15H2,1-5H3/t18?,19?,20?,21-,23-,25+,26+,27-/m1/s1. The van der Waals surface area contributed by atoms with Gasteiger partial charge in [0.1, 0.15) is 0 Å². The zero-order valence-corrected chi connectivity index (χ0v) is 20.4. The Morgan fingerprint density at radius 3 is 2.47 bits per heavy atom. The fourth-order valence-corrected chi connectivity index (χ4v) is 9.88. The molecule has 0 aromatic rings. The molecule has 1 aliphatic heterocycles. The van der Waals surface area contributed by atoms with E-state index in [1.165, 1.54) is 19.8 Å². The largest absolute Gasteiger partial charge is 0.465 e. The lowest BCUT2D eigenvalue weighted by Crippen LogP contribution is -2.64. The summed E-state index contributed by atoms with van der Waals surface area (Å²) in [4.78, 5) is 24.3. The van der Waals surface area contributed by atoms with E-state index in [0.717, 1.165) is 38.5 Å². The summed E-state index contributed by atoms with van der Waals surface area (Å²) >= 11 is 0. The Hall–Kier alpha value is -1.36. The van der Waals surface area contributed by atoms with Crippen molar-refractivity contribution in [3.05, 3.63) is 11.6 Å². The highest BCUT2D eigenvalue weighted by atomic mass is 16.6. The zero-order valence-electron chi connectivity index (χ0n) is 20.4. The number of ether oxygens (including phenoxy) is 2. The quantitative estimate of drug-likeness (QED) is 0.606. The Balaban J connectivity index is 1.57. The SMILES string of the molecule is CC(=O)OC[C@]12CCCC(C)(C)C1CC[C@]1(C)C2CC[C@@]2(C)C1CC=C1C(=O)O[C@@H](O)[C@@H]12. The molecule has 0 radical (unpaired) electrons. The fourth-order valence-electron chi connectivity index (χ4n) is 9.88. The van der Waals surface area contributed by atoms with E-state index in [0.29, 0.717) is 29.9 Å². The summed E-state index contributed by atoms with van der Waals surface area (Å²) in [7, 11) is 0. The third kappa shape index (κ3) is 2.85. The van der Waals surface area contributed by atoms with Crippen LogP contribution < -0.4 is 0 Å². The highest BCUT2D eigenvalue weighted by Crippen LogP contribution is 2.73. The maximum Gasteiger partial charge on any atom is 0.336 e. The van der Waals surface area contributed by atoms with E-state index in [-0.39, 0.29) is 39.5 Å². The predicted molar refractivity (Wildman–Crippen MR) is 120 cm³/mol. The second-order valence-corrected chi connectivity index (χ2v) is 12.8. The summed E-state index contributed by atoms with van der Waals surface area (Å²) in [5.41, 5.74) is 0.903. The number of cyclic esters (lactones) is 1. The van der Waals surface area contributed by atoms with E-state index in [9.17, 15) is 14.7 Å². The lowest BCUT2D eigenvalue weighted by atomic mass is 9.35. The molecule has 0 bridgehead atoms. The van der Waals surface area contributed by atoms with Gasteiger partial charge in [0.05, 0.1) is 12.5 Å². The molecular weight excluding hydrogens is 404 g/mol. The van der Waals surface area contributed by atoms with Gasteiger partial charge in [0.25, 0.3) is 0 Å². The number of allylic oxidation sites excluding steroid dienone is 1. The van der Waals surface area contributed by atoms with E-state index in [1.54, 1.807) is 0 Å². The van der Waals surface area contributed by atoms with Crippen LogP contribution in [0.1, 0.15) is 86.0 Å². The molecule has 32 heavy (non-hydrogen) atoms. The summed E-state index contributed by atoms with van der Waals surface area (Å²) in [6, 6.07) is 0. The third-order valence-corrected chi connectivity index (χ3v) is 11.0. The van der Waals surface area contributed by atoms with E-state index >= 15 is 0 Å². The Morgan fingerprint density at radius 2 is 1.75 bits per heavy atom. The average Bonchev–Trinajstić information content (AvgIpc) is 3.00. The molecule has 3 saturated carbocycles. The highest BCUT2D eigenvalue weighted by molar-refractivity contribution is 5.91. The van der Waals surface area contributed by atoms with Crippen molar-refractivity contribution in [3.63, 3.8) is 0 Å². The van der Waals surface area contributed by atoms with Gasteiger partial charge in [-0.3, -0.25) is 4.79 Å². The Kier molecular flexibility index (Phi) is 4.96. The van der Waals surface area contributed by atoms with Gasteiger partial charge in [0.2, 0.25) is 6.29 Å². The maximum atomic E-state index is 12.4. The van der Waals surface area contributed by atoms with E-state index in [1.807, 2.05) is 0 Å². The van der Waals surface area contributed by atoms with E-state index in [4.69, 9.17) is 9.47 Å². The van der Waals surface area contributed by atoms with Crippen LogP contribution in [-0.2, 0) is 19.1 Å². The normalized spacial score (nSPS) is 49.0. The number of hydrogen-bond acceptors (Lipinski definition) is 5. The van der Waals surface area contributed by atoms with Gasteiger partial charge in [-0.1, -0.05) is 40.2 Å². The summed E-state index contributed by atoms with van der Waals surface area (Å²) in [6.07, 6.45) is 9.82. The Morgan fingerprint density at radius 1 is 1.06 bits per heavy atom. The first-order chi connectivity index (χ1) is 15.0. The van der Waals surface area contributed by atoms with Crippen LogP contribution in [-0.4, -0.2) is 29.9 Å². The molecule has 1 heterocycles. The highest BCUT2D eigenvalue weighted by Gasteiger charge is 2.69. The summed E-state index contributed by atoms with van der Waals surface area (Å²) in [5, 5.41) is 10.7. The third-order valence-electron chi connectivity index (χ3n) is 11.0. The van der Waals surface area contributed by atoms with Crippen molar-refractivity contribution in [2.24, 2.45) is 45.3 Å². The van der Waals surface area contributed by atoms with Gasteiger partial charge in [-0.15, -0.1) is 0 Å². The number of hydrogen-bond donors (Lipinski definition) is 1. The molecule has 0 amide bonds. The number of aliphatic hydroxyl groups is 1. The van der Waals surface area contributed by atoms with Gasteiger partial charge in [0, 0.05) is 17.9 Å². The number of carbonyl (C=O) groups is 2. The van der Waals surface area contributed by atoms with Crippen molar-refractivity contribution in [3.8, 4) is 0 Å². The molecule has 0 spiro atoms. The molecule has 0 aromatic carbocycles. The van der Waals surface area contributed by atoms with Gasteiger partial charge in [-0.05, 0) is 78.9 Å². The molecule has 4 aliphatic carbocycles. The molecule has 1 saturated heterocycles. The van der Waals surface area contributed by atoms with Crippen LogP contribution in [0.4, 0.5) is 0 Å². The van der Waals surface area contributed by atoms with Gasteiger partial charge in [-0.2, -0.15) is 0 Å². The van der Waals surface area contributed by atoms with Crippen molar-refractivity contribution >= 4 is 11.9 Å². The first kappa shape index (κ1) is 22.4. The van der Waals surface area contributed by atoms with Gasteiger partial charge in [-0.25, -0.2) is 4.79 Å². The lowest BCUT2D eigenvalue weighted by molar-refractivity contribution is -0.231. The number of rotatable bonds is 2. The van der Waals surface area contributed by atoms with Crippen LogP contribution in [0.25, 0.3) is 0 Å². The Bertz CT molecular complexity index is 860. The van der Waals surface area contributed by atoms with Crippen molar-refractivity contribution in [2.45, 2.75) is 92.3 Å². The van der Waals surface area contributed by atoms with Crippen LogP contribution in [0.15, 0.2) is 11.6 Å². The molecule has 5 aliphatic rings. The zero-order chi connectivity index (χ0) is 23.1. The first-order valence-electron chi connectivity index (χ1n) is 12.7. The minimum absolute atomic E-state index is 0.0202. The van der Waals surface area contributed by atoms with Gasteiger partial charge in [0.15, 0.2) is 0 Å². The van der Waals surface area contributed by atoms with Crippen molar-refractivity contribution in [1.82, 2.24) is 0 Å². The fraction of sp³-hybridized carbons (Fsp3) is 0.852. The number of esters is 2. The van der Waals surface area contributed by atoms with Crippen LogP contribution in [0.3, 0.4) is 0 Å².